The third-order valence-electron chi connectivity index (χ3n) is 3.23. The SMILES string of the molecule is COc1cccc(S(=O)(=O)NCC#Cc2ccc(C(C)=O)cc2)c1. The van der Waals surface area contributed by atoms with E-state index in [0.717, 1.165) is 0 Å². The molecule has 0 saturated heterocycles. The Balaban J connectivity index is 2.01. The first-order chi connectivity index (χ1) is 11.4. The highest BCUT2D eigenvalue weighted by Crippen LogP contribution is 2.16. The highest BCUT2D eigenvalue weighted by molar-refractivity contribution is 7.89. The molecular formula is C18H17NO4S. The van der Waals surface area contributed by atoms with Gasteiger partial charge in [0.05, 0.1) is 18.6 Å². The van der Waals surface area contributed by atoms with Crippen LogP contribution in [0.15, 0.2) is 53.4 Å². The van der Waals surface area contributed by atoms with E-state index in [0.29, 0.717) is 16.9 Å². The molecule has 0 fully saturated rings. The van der Waals surface area contributed by atoms with Gasteiger partial charge in [0.25, 0.3) is 0 Å². The highest BCUT2D eigenvalue weighted by atomic mass is 32.2. The van der Waals surface area contributed by atoms with E-state index >= 15 is 0 Å². The minimum atomic E-state index is -3.64. The molecule has 5 nitrogen and oxygen atoms in total. The number of benzene rings is 2. The van der Waals surface area contributed by atoms with Crippen molar-refractivity contribution in [2.45, 2.75) is 11.8 Å². The van der Waals surface area contributed by atoms with E-state index in [4.69, 9.17) is 4.74 Å². The molecule has 0 aromatic heterocycles. The van der Waals surface area contributed by atoms with Crippen LogP contribution in [-0.4, -0.2) is 27.9 Å². The zero-order valence-electron chi connectivity index (χ0n) is 13.4. The predicted octanol–water partition coefficient (Wildman–Crippen LogP) is 2.23. The molecule has 0 spiro atoms. The fraction of sp³-hybridized carbons (Fsp3) is 0.167. The van der Waals surface area contributed by atoms with E-state index < -0.39 is 10.0 Å². The van der Waals surface area contributed by atoms with Crippen molar-refractivity contribution in [2.75, 3.05) is 13.7 Å². The first-order valence-electron chi connectivity index (χ1n) is 7.16. The zero-order valence-corrected chi connectivity index (χ0v) is 14.2. The van der Waals surface area contributed by atoms with E-state index in [2.05, 4.69) is 16.6 Å². The predicted molar refractivity (Wildman–Crippen MR) is 91.5 cm³/mol. The molecule has 24 heavy (non-hydrogen) atoms. The van der Waals surface area contributed by atoms with Gasteiger partial charge in [0.15, 0.2) is 5.78 Å². The van der Waals surface area contributed by atoms with Gasteiger partial charge in [-0.05, 0) is 31.2 Å². The summed E-state index contributed by atoms with van der Waals surface area (Å²) in [5.74, 6) is 6.05. The number of hydrogen-bond acceptors (Lipinski definition) is 4. The van der Waals surface area contributed by atoms with E-state index in [1.54, 1.807) is 36.4 Å². The zero-order chi connectivity index (χ0) is 17.6. The molecule has 0 atom stereocenters. The molecule has 2 rings (SSSR count). The summed E-state index contributed by atoms with van der Waals surface area (Å²) in [6.45, 7) is 1.47. The van der Waals surface area contributed by atoms with Crippen molar-refractivity contribution in [3.8, 4) is 17.6 Å². The minimum Gasteiger partial charge on any atom is -0.497 e. The number of sulfonamides is 1. The highest BCUT2D eigenvalue weighted by Gasteiger charge is 2.13. The Labute approximate surface area is 141 Å². The molecule has 0 radical (unpaired) electrons. The van der Waals surface area contributed by atoms with Crippen molar-refractivity contribution in [3.05, 3.63) is 59.7 Å². The maximum absolute atomic E-state index is 12.2. The largest absolute Gasteiger partial charge is 0.497 e. The van der Waals surface area contributed by atoms with Crippen LogP contribution in [0.1, 0.15) is 22.8 Å². The molecule has 0 saturated carbocycles. The van der Waals surface area contributed by atoms with Gasteiger partial charge in [0, 0.05) is 17.2 Å². The number of hydrogen-bond donors (Lipinski definition) is 1. The smallest absolute Gasteiger partial charge is 0.241 e. The van der Waals surface area contributed by atoms with Crippen LogP contribution in [0.5, 0.6) is 5.75 Å². The lowest BCUT2D eigenvalue weighted by molar-refractivity contribution is 0.101. The van der Waals surface area contributed by atoms with Gasteiger partial charge >= 0.3 is 0 Å². The van der Waals surface area contributed by atoms with Crippen molar-refractivity contribution in [2.24, 2.45) is 0 Å². The van der Waals surface area contributed by atoms with Crippen molar-refractivity contribution in [1.29, 1.82) is 0 Å². The fourth-order valence-electron chi connectivity index (χ4n) is 1.92. The third-order valence-corrected chi connectivity index (χ3v) is 4.63. The maximum atomic E-state index is 12.2. The van der Waals surface area contributed by atoms with E-state index in [-0.39, 0.29) is 17.2 Å². The molecule has 0 aliphatic rings. The summed E-state index contributed by atoms with van der Waals surface area (Å²) in [5.41, 5.74) is 1.32. The van der Waals surface area contributed by atoms with Crippen LogP contribution in [-0.2, 0) is 10.0 Å². The first-order valence-corrected chi connectivity index (χ1v) is 8.64. The third kappa shape index (κ3) is 4.69. The number of Topliss-reactive ketones (excluding diaryl/α,β-unsaturated/α-hetero) is 1. The molecule has 0 aliphatic heterocycles. The number of rotatable bonds is 5. The van der Waals surface area contributed by atoms with E-state index in [1.165, 1.54) is 26.2 Å². The first kappa shape index (κ1) is 17.7. The number of methoxy groups -OCH3 is 1. The number of carbonyl (C=O) groups excluding carboxylic acids is 1. The van der Waals surface area contributed by atoms with Gasteiger partial charge in [0.2, 0.25) is 10.0 Å². The van der Waals surface area contributed by atoms with Crippen LogP contribution in [0.25, 0.3) is 0 Å². The van der Waals surface area contributed by atoms with Crippen molar-refractivity contribution >= 4 is 15.8 Å². The lowest BCUT2D eigenvalue weighted by Gasteiger charge is -2.05. The second-order valence-corrected chi connectivity index (χ2v) is 6.71. The normalized spacial score (nSPS) is 10.6. The van der Waals surface area contributed by atoms with E-state index in [9.17, 15) is 13.2 Å². The van der Waals surface area contributed by atoms with Crippen LogP contribution in [0.2, 0.25) is 0 Å². The standard InChI is InChI=1S/C18H17NO4S/c1-14(20)16-10-8-15(9-11-16)5-4-12-19-24(21,22)18-7-3-6-17(13-18)23-2/h3,6-11,13,19H,12H2,1-2H3. The van der Waals surface area contributed by atoms with Crippen LogP contribution in [0, 0.1) is 11.8 Å². The molecule has 2 aromatic rings. The Morgan fingerprint density at radius 3 is 2.50 bits per heavy atom. The summed E-state index contributed by atoms with van der Waals surface area (Å²) < 4.78 is 31.7. The molecule has 0 heterocycles. The van der Waals surface area contributed by atoms with Crippen molar-refractivity contribution < 1.29 is 17.9 Å². The van der Waals surface area contributed by atoms with Crippen LogP contribution >= 0.6 is 0 Å². The topological polar surface area (TPSA) is 72.5 Å². The second-order valence-electron chi connectivity index (χ2n) is 4.94. The molecule has 6 heteroatoms. The molecule has 2 aromatic carbocycles. The monoisotopic (exact) mass is 343 g/mol. The van der Waals surface area contributed by atoms with Crippen LogP contribution in [0.4, 0.5) is 0 Å². The summed E-state index contributed by atoms with van der Waals surface area (Å²) in [6, 6.07) is 13.0. The summed E-state index contributed by atoms with van der Waals surface area (Å²) in [7, 11) is -2.17. The van der Waals surface area contributed by atoms with Gasteiger partial charge in [-0.1, -0.05) is 30.0 Å². The Morgan fingerprint density at radius 1 is 1.17 bits per heavy atom. The average molecular weight is 343 g/mol. The van der Waals surface area contributed by atoms with Gasteiger partial charge in [-0.25, -0.2) is 8.42 Å². The van der Waals surface area contributed by atoms with Gasteiger partial charge in [-0.15, -0.1) is 0 Å². The summed E-state index contributed by atoms with van der Waals surface area (Å²) in [5, 5.41) is 0. The van der Waals surface area contributed by atoms with E-state index in [1.807, 2.05) is 0 Å². The number of nitrogens with one attached hydrogen (secondary N) is 1. The summed E-state index contributed by atoms with van der Waals surface area (Å²) in [4.78, 5) is 11.3. The van der Waals surface area contributed by atoms with Crippen molar-refractivity contribution in [1.82, 2.24) is 4.72 Å². The Bertz CT molecular complexity index is 891. The average Bonchev–Trinajstić information content (AvgIpc) is 2.59. The molecule has 124 valence electrons. The molecule has 1 N–H and O–H groups in total. The molecule has 0 bridgehead atoms. The summed E-state index contributed by atoms with van der Waals surface area (Å²) >= 11 is 0. The fourth-order valence-corrected chi connectivity index (χ4v) is 2.88. The Morgan fingerprint density at radius 2 is 1.88 bits per heavy atom. The van der Waals surface area contributed by atoms with Crippen LogP contribution < -0.4 is 9.46 Å². The van der Waals surface area contributed by atoms with Gasteiger partial charge in [-0.2, -0.15) is 4.72 Å². The number of carbonyl (C=O) groups is 1. The van der Waals surface area contributed by atoms with Gasteiger partial charge in [-0.3, -0.25) is 4.79 Å². The summed E-state index contributed by atoms with van der Waals surface area (Å²) in [6.07, 6.45) is 0. The van der Waals surface area contributed by atoms with Gasteiger partial charge in [0.1, 0.15) is 5.75 Å². The maximum Gasteiger partial charge on any atom is 0.241 e. The van der Waals surface area contributed by atoms with Gasteiger partial charge < -0.3 is 4.74 Å². The van der Waals surface area contributed by atoms with Crippen molar-refractivity contribution in [3.63, 3.8) is 0 Å². The second kappa shape index (κ2) is 7.77. The minimum absolute atomic E-state index is 0.0134. The Kier molecular flexibility index (Phi) is 5.74. The van der Waals surface area contributed by atoms with Crippen LogP contribution in [0.3, 0.4) is 0 Å². The lowest BCUT2D eigenvalue weighted by Crippen LogP contribution is -2.24. The molecular weight excluding hydrogens is 326 g/mol. The molecule has 0 amide bonds. The number of ketones is 1. The quantitative estimate of drug-likeness (QED) is 0.667. The molecule has 0 aliphatic carbocycles. The Hall–Kier alpha value is -2.62. The molecule has 0 unspecified atom stereocenters. The lowest BCUT2D eigenvalue weighted by atomic mass is 10.1. The number of ether oxygens (including phenoxy) is 1.